The van der Waals surface area contributed by atoms with Gasteiger partial charge in [0.05, 0.1) is 11.2 Å². The highest BCUT2D eigenvalue weighted by Gasteiger charge is 2.16. The molecule has 0 aliphatic rings. The molecule has 5 heteroatoms. The molecule has 0 aliphatic heterocycles. The Labute approximate surface area is 107 Å². The molecule has 2 aromatic rings. The van der Waals surface area contributed by atoms with E-state index in [2.05, 4.69) is 4.72 Å². The fourth-order valence-electron chi connectivity index (χ4n) is 1.64. The summed E-state index contributed by atoms with van der Waals surface area (Å²) in [6.45, 7) is 3.57. The molecule has 1 aromatic heterocycles. The van der Waals surface area contributed by atoms with Crippen LogP contribution < -0.4 is 4.72 Å². The van der Waals surface area contributed by atoms with Crippen molar-refractivity contribution in [2.45, 2.75) is 24.8 Å². The summed E-state index contributed by atoms with van der Waals surface area (Å²) in [5.74, 6) is 0.650. The first-order valence-electron chi connectivity index (χ1n) is 5.65. The Kier molecular flexibility index (Phi) is 3.54. The third-order valence-corrected chi connectivity index (χ3v) is 4.00. The van der Waals surface area contributed by atoms with E-state index in [0.717, 1.165) is 5.56 Å². The van der Waals surface area contributed by atoms with Crippen molar-refractivity contribution in [1.29, 1.82) is 0 Å². The molecular weight excluding hydrogens is 250 g/mol. The van der Waals surface area contributed by atoms with E-state index in [9.17, 15) is 8.42 Å². The van der Waals surface area contributed by atoms with Crippen molar-refractivity contribution < 1.29 is 12.8 Å². The third-order valence-electron chi connectivity index (χ3n) is 2.34. The van der Waals surface area contributed by atoms with Gasteiger partial charge in [-0.2, -0.15) is 0 Å². The van der Waals surface area contributed by atoms with Crippen LogP contribution in [0.15, 0.2) is 52.0 Å². The highest BCUT2D eigenvalue weighted by atomic mass is 32.2. The van der Waals surface area contributed by atoms with Crippen molar-refractivity contribution in [3.05, 3.63) is 42.7 Å². The monoisotopic (exact) mass is 265 g/mol. The van der Waals surface area contributed by atoms with Gasteiger partial charge in [-0.1, -0.05) is 12.1 Å². The van der Waals surface area contributed by atoms with E-state index in [1.165, 1.54) is 0 Å². The predicted molar refractivity (Wildman–Crippen MR) is 69.6 cm³/mol. The molecule has 0 saturated heterocycles. The van der Waals surface area contributed by atoms with Gasteiger partial charge in [-0.25, -0.2) is 13.1 Å². The molecule has 1 aromatic carbocycles. The Morgan fingerprint density at radius 2 is 1.94 bits per heavy atom. The number of nitrogens with one attached hydrogen (secondary N) is 1. The molecule has 1 N–H and O–H groups in total. The second kappa shape index (κ2) is 4.96. The standard InChI is InChI=1S/C13H15NO3S/c1-10(2)14-18(15,16)12-6-3-5-11(9-12)13-7-4-8-17-13/h3-10,14H,1-2H3. The van der Waals surface area contributed by atoms with Gasteiger partial charge in [-0.3, -0.25) is 0 Å². The van der Waals surface area contributed by atoms with Crippen LogP contribution in [-0.2, 0) is 10.0 Å². The summed E-state index contributed by atoms with van der Waals surface area (Å²) in [4.78, 5) is 0.241. The lowest BCUT2D eigenvalue weighted by atomic mass is 10.2. The van der Waals surface area contributed by atoms with Crippen LogP contribution in [0.1, 0.15) is 13.8 Å². The molecule has 2 rings (SSSR count). The van der Waals surface area contributed by atoms with Crippen molar-refractivity contribution >= 4 is 10.0 Å². The Hall–Kier alpha value is -1.59. The number of benzene rings is 1. The number of rotatable bonds is 4. The second-order valence-corrected chi connectivity index (χ2v) is 6.00. The van der Waals surface area contributed by atoms with Gasteiger partial charge >= 0.3 is 0 Å². The Morgan fingerprint density at radius 1 is 1.17 bits per heavy atom. The lowest BCUT2D eigenvalue weighted by Gasteiger charge is -2.10. The molecule has 0 unspecified atom stereocenters. The van der Waals surface area contributed by atoms with E-state index < -0.39 is 10.0 Å². The van der Waals surface area contributed by atoms with Crippen molar-refractivity contribution in [2.24, 2.45) is 0 Å². The number of furan rings is 1. The summed E-state index contributed by atoms with van der Waals surface area (Å²) in [7, 11) is -3.46. The zero-order valence-corrected chi connectivity index (χ0v) is 11.1. The van der Waals surface area contributed by atoms with Gasteiger partial charge in [-0.15, -0.1) is 0 Å². The summed E-state index contributed by atoms with van der Waals surface area (Å²) in [5.41, 5.74) is 0.742. The summed E-state index contributed by atoms with van der Waals surface area (Å²) in [6, 6.07) is 10.1. The van der Waals surface area contributed by atoms with Gasteiger partial charge in [0.15, 0.2) is 0 Å². The van der Waals surface area contributed by atoms with E-state index in [0.29, 0.717) is 5.76 Å². The average Bonchev–Trinajstić information content (AvgIpc) is 2.81. The minimum atomic E-state index is -3.46. The molecule has 0 bridgehead atoms. The van der Waals surface area contributed by atoms with Gasteiger partial charge in [0.25, 0.3) is 0 Å². The fourth-order valence-corrected chi connectivity index (χ4v) is 2.93. The van der Waals surface area contributed by atoms with Crippen LogP contribution in [0.2, 0.25) is 0 Å². The minimum absolute atomic E-state index is 0.137. The first kappa shape index (κ1) is 12.9. The Morgan fingerprint density at radius 3 is 2.56 bits per heavy atom. The van der Waals surface area contributed by atoms with E-state index >= 15 is 0 Å². The predicted octanol–water partition coefficient (Wildman–Crippen LogP) is 2.63. The Balaban J connectivity index is 2.39. The van der Waals surface area contributed by atoms with Gasteiger partial charge in [0, 0.05) is 11.6 Å². The number of sulfonamides is 1. The third kappa shape index (κ3) is 2.80. The van der Waals surface area contributed by atoms with Crippen LogP contribution >= 0.6 is 0 Å². The van der Waals surface area contributed by atoms with Gasteiger partial charge in [0.1, 0.15) is 5.76 Å². The van der Waals surface area contributed by atoms with Crippen LogP contribution in [0, 0.1) is 0 Å². The average molecular weight is 265 g/mol. The van der Waals surface area contributed by atoms with E-state index in [4.69, 9.17) is 4.42 Å². The van der Waals surface area contributed by atoms with Gasteiger partial charge in [-0.05, 0) is 38.1 Å². The van der Waals surface area contributed by atoms with Crippen molar-refractivity contribution in [2.75, 3.05) is 0 Å². The molecule has 0 amide bonds. The molecule has 0 spiro atoms. The van der Waals surface area contributed by atoms with E-state index in [1.807, 2.05) is 6.07 Å². The van der Waals surface area contributed by atoms with E-state index in [-0.39, 0.29) is 10.9 Å². The largest absolute Gasteiger partial charge is 0.464 e. The zero-order chi connectivity index (χ0) is 13.2. The lowest BCUT2D eigenvalue weighted by molar-refractivity contribution is 0.569. The summed E-state index contributed by atoms with van der Waals surface area (Å²) in [6.07, 6.45) is 1.56. The SMILES string of the molecule is CC(C)NS(=O)(=O)c1cccc(-c2ccco2)c1. The summed E-state index contributed by atoms with van der Waals surface area (Å²) < 4.78 is 31.8. The molecule has 0 atom stereocenters. The maximum Gasteiger partial charge on any atom is 0.240 e. The molecule has 0 saturated carbocycles. The normalized spacial score (nSPS) is 11.9. The highest BCUT2D eigenvalue weighted by molar-refractivity contribution is 7.89. The van der Waals surface area contributed by atoms with Crippen LogP contribution in [0.5, 0.6) is 0 Å². The van der Waals surface area contributed by atoms with E-state index in [1.54, 1.807) is 50.4 Å². The molecule has 0 radical (unpaired) electrons. The first-order valence-corrected chi connectivity index (χ1v) is 7.13. The molecular formula is C13H15NO3S. The number of hydrogen-bond acceptors (Lipinski definition) is 3. The topological polar surface area (TPSA) is 59.3 Å². The maximum absolute atomic E-state index is 12.0. The summed E-state index contributed by atoms with van der Waals surface area (Å²) in [5, 5.41) is 0. The highest BCUT2D eigenvalue weighted by Crippen LogP contribution is 2.22. The van der Waals surface area contributed by atoms with Gasteiger partial charge in [0.2, 0.25) is 10.0 Å². The molecule has 1 heterocycles. The second-order valence-electron chi connectivity index (χ2n) is 4.28. The molecule has 96 valence electrons. The van der Waals surface area contributed by atoms with Crippen molar-refractivity contribution in [3.8, 4) is 11.3 Å². The van der Waals surface area contributed by atoms with Crippen LogP contribution in [0.25, 0.3) is 11.3 Å². The lowest BCUT2D eigenvalue weighted by Crippen LogP contribution is -2.30. The Bertz CT molecular complexity index is 615. The first-order chi connectivity index (χ1) is 8.49. The minimum Gasteiger partial charge on any atom is -0.464 e. The summed E-state index contributed by atoms with van der Waals surface area (Å²) >= 11 is 0. The van der Waals surface area contributed by atoms with Crippen LogP contribution in [0.3, 0.4) is 0 Å². The van der Waals surface area contributed by atoms with Crippen molar-refractivity contribution in [3.63, 3.8) is 0 Å². The van der Waals surface area contributed by atoms with Crippen molar-refractivity contribution in [1.82, 2.24) is 4.72 Å². The molecule has 4 nitrogen and oxygen atoms in total. The zero-order valence-electron chi connectivity index (χ0n) is 10.3. The van der Waals surface area contributed by atoms with Crippen LogP contribution in [-0.4, -0.2) is 14.5 Å². The fraction of sp³-hybridized carbons (Fsp3) is 0.231. The molecule has 0 aliphatic carbocycles. The van der Waals surface area contributed by atoms with Gasteiger partial charge < -0.3 is 4.42 Å². The number of hydrogen-bond donors (Lipinski definition) is 1. The van der Waals surface area contributed by atoms with Crippen LogP contribution in [0.4, 0.5) is 0 Å². The smallest absolute Gasteiger partial charge is 0.240 e. The maximum atomic E-state index is 12.0. The quantitative estimate of drug-likeness (QED) is 0.924. The molecule has 18 heavy (non-hydrogen) atoms. The molecule has 0 fully saturated rings.